The first-order valence-corrected chi connectivity index (χ1v) is 9.76. The Morgan fingerprint density at radius 1 is 0.966 bits per heavy atom. The van der Waals surface area contributed by atoms with E-state index in [9.17, 15) is 9.18 Å². The summed E-state index contributed by atoms with van der Waals surface area (Å²) in [7, 11) is 0. The lowest BCUT2D eigenvalue weighted by Gasteiger charge is -2.20. The number of amides is 1. The Labute approximate surface area is 174 Å². The van der Waals surface area contributed by atoms with E-state index in [0.29, 0.717) is 25.9 Å². The monoisotopic (exact) mass is 412 g/mol. The first kappa shape index (κ1) is 20.9. The van der Waals surface area contributed by atoms with Crippen molar-refractivity contribution in [2.75, 3.05) is 13.1 Å². The third kappa shape index (κ3) is 6.07. The third-order valence-electron chi connectivity index (χ3n) is 4.47. The number of rotatable bonds is 9. The van der Waals surface area contributed by atoms with Gasteiger partial charge in [-0.1, -0.05) is 29.8 Å². The summed E-state index contributed by atoms with van der Waals surface area (Å²) in [4.78, 5) is 21.0. The van der Waals surface area contributed by atoms with Crippen molar-refractivity contribution < 1.29 is 9.18 Å². The Balaban J connectivity index is 1.67. The highest BCUT2D eigenvalue weighted by Crippen LogP contribution is 2.26. The maximum absolute atomic E-state index is 14.5. The number of benzene rings is 1. The minimum Gasteiger partial charge on any atom is -0.354 e. The lowest BCUT2D eigenvalue weighted by Crippen LogP contribution is -2.39. The lowest BCUT2D eigenvalue weighted by atomic mass is 10.0. The van der Waals surface area contributed by atoms with E-state index in [1.54, 1.807) is 30.9 Å². The molecular formula is C22H22ClFN4O. The number of nitrogens with zero attached hydrogens (tertiary/aromatic N) is 2. The predicted octanol–water partition coefficient (Wildman–Crippen LogP) is 3.50. The summed E-state index contributed by atoms with van der Waals surface area (Å²) in [5.41, 5.74) is 2.19. The zero-order valence-electron chi connectivity index (χ0n) is 15.8. The molecule has 3 rings (SSSR count). The molecule has 1 amide bonds. The van der Waals surface area contributed by atoms with E-state index in [4.69, 9.17) is 11.6 Å². The normalized spacial score (nSPS) is 11.8. The van der Waals surface area contributed by atoms with Crippen LogP contribution in [0.1, 0.15) is 22.7 Å². The fourth-order valence-electron chi connectivity index (χ4n) is 3.00. The molecule has 2 heterocycles. The van der Waals surface area contributed by atoms with E-state index in [2.05, 4.69) is 20.6 Å². The molecule has 1 atom stereocenters. The van der Waals surface area contributed by atoms with Crippen molar-refractivity contribution in [3.05, 3.63) is 94.8 Å². The molecule has 0 bridgehead atoms. The van der Waals surface area contributed by atoms with Gasteiger partial charge in [-0.2, -0.15) is 0 Å². The van der Waals surface area contributed by atoms with E-state index in [-0.39, 0.29) is 16.5 Å². The smallest absolute Gasteiger partial charge is 0.241 e. The highest BCUT2D eigenvalue weighted by Gasteiger charge is 2.25. The van der Waals surface area contributed by atoms with Gasteiger partial charge in [-0.25, -0.2) is 4.39 Å². The predicted molar refractivity (Wildman–Crippen MR) is 111 cm³/mol. The summed E-state index contributed by atoms with van der Waals surface area (Å²) < 4.78 is 14.5. The second kappa shape index (κ2) is 10.6. The zero-order valence-corrected chi connectivity index (χ0v) is 16.6. The topological polar surface area (TPSA) is 66.9 Å². The number of nitrogens with one attached hydrogen (secondary N) is 2. The summed E-state index contributed by atoms with van der Waals surface area (Å²) in [5, 5.41) is 6.22. The molecule has 2 N–H and O–H groups in total. The van der Waals surface area contributed by atoms with Gasteiger partial charge in [-0.3, -0.25) is 14.8 Å². The maximum atomic E-state index is 14.5. The van der Waals surface area contributed by atoms with Gasteiger partial charge in [-0.15, -0.1) is 0 Å². The van der Waals surface area contributed by atoms with Crippen LogP contribution in [0.15, 0.2) is 67.3 Å². The lowest BCUT2D eigenvalue weighted by molar-refractivity contribution is -0.123. The van der Waals surface area contributed by atoms with Gasteiger partial charge in [0, 0.05) is 48.5 Å². The van der Waals surface area contributed by atoms with E-state index >= 15 is 0 Å². The van der Waals surface area contributed by atoms with E-state index in [1.807, 2.05) is 24.3 Å². The molecule has 2 aromatic heterocycles. The molecule has 0 radical (unpaired) electrons. The van der Waals surface area contributed by atoms with Crippen LogP contribution >= 0.6 is 11.6 Å². The van der Waals surface area contributed by atoms with Gasteiger partial charge in [0.2, 0.25) is 5.91 Å². The van der Waals surface area contributed by atoms with Crippen molar-refractivity contribution in [2.24, 2.45) is 0 Å². The molecule has 0 aliphatic carbocycles. The molecular weight excluding hydrogens is 391 g/mol. The molecule has 3 aromatic rings. The maximum Gasteiger partial charge on any atom is 0.241 e. The quantitative estimate of drug-likeness (QED) is 0.564. The van der Waals surface area contributed by atoms with Crippen LogP contribution in [0.25, 0.3) is 0 Å². The second-order valence-electron chi connectivity index (χ2n) is 6.54. The number of pyridine rings is 2. The van der Waals surface area contributed by atoms with E-state index < -0.39 is 11.9 Å². The average Bonchev–Trinajstić information content (AvgIpc) is 2.74. The summed E-state index contributed by atoms with van der Waals surface area (Å²) in [5.74, 6) is -0.842. The van der Waals surface area contributed by atoms with Gasteiger partial charge in [0.15, 0.2) is 0 Å². The molecule has 150 valence electrons. The summed E-state index contributed by atoms with van der Waals surface area (Å²) in [6, 6.07) is 11.1. The van der Waals surface area contributed by atoms with Crippen molar-refractivity contribution in [3.8, 4) is 0 Å². The average molecular weight is 413 g/mol. The van der Waals surface area contributed by atoms with Crippen LogP contribution in [0, 0.1) is 5.82 Å². The number of aromatic nitrogens is 2. The van der Waals surface area contributed by atoms with Gasteiger partial charge in [-0.05, 0) is 48.2 Å². The number of hydrogen-bond acceptors (Lipinski definition) is 4. The fourth-order valence-corrected chi connectivity index (χ4v) is 3.27. The third-order valence-corrected chi connectivity index (χ3v) is 4.80. The fraction of sp³-hybridized carbons (Fsp3) is 0.227. The van der Waals surface area contributed by atoms with Crippen LogP contribution < -0.4 is 10.6 Å². The zero-order chi connectivity index (χ0) is 20.5. The van der Waals surface area contributed by atoms with Gasteiger partial charge in [0.05, 0.1) is 0 Å². The van der Waals surface area contributed by atoms with E-state index in [0.717, 1.165) is 11.1 Å². The highest BCUT2D eigenvalue weighted by atomic mass is 35.5. The molecule has 5 nitrogen and oxygen atoms in total. The molecule has 0 saturated carbocycles. The van der Waals surface area contributed by atoms with Crippen LogP contribution in [0.4, 0.5) is 4.39 Å². The summed E-state index contributed by atoms with van der Waals surface area (Å²) in [6.07, 6.45) is 8.20. The number of halogens is 2. The second-order valence-corrected chi connectivity index (χ2v) is 6.94. The molecule has 0 spiro atoms. The SMILES string of the molecule is O=C(NCCc1cccnc1)C(NCCc1cccnc1)c1c(F)cccc1Cl. The van der Waals surface area contributed by atoms with Gasteiger partial charge in [0.1, 0.15) is 11.9 Å². The van der Waals surface area contributed by atoms with Crippen LogP contribution in [0.2, 0.25) is 5.02 Å². The van der Waals surface area contributed by atoms with Crippen LogP contribution in [-0.4, -0.2) is 29.0 Å². The minimum atomic E-state index is -0.894. The van der Waals surface area contributed by atoms with Gasteiger partial charge < -0.3 is 10.6 Å². The number of carbonyl (C=O) groups is 1. The first-order valence-electron chi connectivity index (χ1n) is 9.38. The molecule has 7 heteroatoms. The summed E-state index contributed by atoms with van der Waals surface area (Å²) in [6.45, 7) is 0.883. The first-order chi connectivity index (χ1) is 14.1. The van der Waals surface area contributed by atoms with Crippen LogP contribution in [0.5, 0.6) is 0 Å². The Hall–Kier alpha value is -2.83. The standard InChI is InChI=1S/C22H22ClFN4O/c23-18-6-1-7-19(24)20(18)21(27-12-8-16-4-2-10-25-14-16)22(29)28-13-9-17-5-3-11-26-15-17/h1-7,10-11,14-15,21,27H,8-9,12-13H2,(H,28,29). The largest absolute Gasteiger partial charge is 0.354 e. The molecule has 1 unspecified atom stereocenters. The Morgan fingerprint density at radius 3 is 2.21 bits per heavy atom. The molecule has 0 aliphatic heterocycles. The number of carbonyl (C=O) groups excluding carboxylic acids is 1. The summed E-state index contributed by atoms with van der Waals surface area (Å²) >= 11 is 6.22. The van der Waals surface area contributed by atoms with Crippen molar-refractivity contribution in [3.63, 3.8) is 0 Å². The molecule has 0 saturated heterocycles. The molecule has 0 fully saturated rings. The Kier molecular flexibility index (Phi) is 7.67. The van der Waals surface area contributed by atoms with E-state index in [1.165, 1.54) is 12.1 Å². The van der Waals surface area contributed by atoms with Gasteiger partial charge in [0.25, 0.3) is 0 Å². The molecule has 0 aliphatic rings. The highest BCUT2D eigenvalue weighted by molar-refractivity contribution is 6.31. The van der Waals surface area contributed by atoms with Gasteiger partial charge >= 0.3 is 0 Å². The van der Waals surface area contributed by atoms with Crippen molar-refractivity contribution in [1.29, 1.82) is 0 Å². The Bertz CT molecular complexity index is 904. The number of hydrogen-bond donors (Lipinski definition) is 2. The molecule has 29 heavy (non-hydrogen) atoms. The van der Waals surface area contributed by atoms with Crippen LogP contribution in [0.3, 0.4) is 0 Å². The van der Waals surface area contributed by atoms with Crippen LogP contribution in [-0.2, 0) is 17.6 Å². The van der Waals surface area contributed by atoms with Crippen molar-refractivity contribution in [1.82, 2.24) is 20.6 Å². The van der Waals surface area contributed by atoms with Crippen molar-refractivity contribution in [2.45, 2.75) is 18.9 Å². The minimum absolute atomic E-state index is 0.152. The Morgan fingerprint density at radius 2 is 1.62 bits per heavy atom. The molecule has 1 aromatic carbocycles. The van der Waals surface area contributed by atoms with Crippen molar-refractivity contribution >= 4 is 17.5 Å².